The van der Waals surface area contributed by atoms with Gasteiger partial charge in [0.2, 0.25) is 11.9 Å². The predicted octanol–water partition coefficient (Wildman–Crippen LogP) is 4.81. The van der Waals surface area contributed by atoms with Crippen LogP contribution in [0.2, 0.25) is 0 Å². The van der Waals surface area contributed by atoms with Crippen LogP contribution in [0.5, 0.6) is 0 Å². The van der Waals surface area contributed by atoms with E-state index in [-0.39, 0.29) is 48.4 Å². The summed E-state index contributed by atoms with van der Waals surface area (Å²) in [4.78, 5) is 22.8. The van der Waals surface area contributed by atoms with Gasteiger partial charge in [0.1, 0.15) is 17.4 Å². The van der Waals surface area contributed by atoms with Crippen LogP contribution >= 0.6 is 0 Å². The molecule has 1 saturated carbocycles. The highest BCUT2D eigenvalue weighted by atomic mass is 19.4. The number of rotatable bonds is 8. The Labute approximate surface area is 235 Å². The Morgan fingerprint density at radius 3 is 2.52 bits per heavy atom. The van der Waals surface area contributed by atoms with Crippen molar-refractivity contribution in [1.82, 2.24) is 29.8 Å². The molecule has 10 nitrogen and oxygen atoms in total. The van der Waals surface area contributed by atoms with Gasteiger partial charge in [-0.05, 0) is 37.1 Å². The van der Waals surface area contributed by atoms with Crippen molar-refractivity contribution in [2.75, 3.05) is 30.8 Å². The Morgan fingerprint density at radius 1 is 1.12 bits per heavy atom. The predicted molar refractivity (Wildman–Crippen MR) is 140 cm³/mol. The van der Waals surface area contributed by atoms with Gasteiger partial charge >= 0.3 is 6.18 Å². The van der Waals surface area contributed by atoms with Crippen LogP contribution in [0.25, 0.3) is 11.1 Å². The van der Waals surface area contributed by atoms with Crippen LogP contribution in [-0.4, -0.2) is 68.2 Å². The van der Waals surface area contributed by atoms with Crippen molar-refractivity contribution in [2.45, 2.75) is 43.1 Å². The minimum Gasteiger partial charge on any atom is -0.358 e. The third kappa shape index (κ3) is 5.43. The molecule has 1 aliphatic carbocycles. The summed E-state index contributed by atoms with van der Waals surface area (Å²) in [7, 11) is 1.85. The van der Waals surface area contributed by atoms with Crippen molar-refractivity contribution in [3.8, 4) is 11.1 Å². The van der Waals surface area contributed by atoms with Crippen LogP contribution < -0.4 is 10.6 Å². The number of nitrogens with one attached hydrogen (secondary N) is 2. The van der Waals surface area contributed by atoms with Crippen molar-refractivity contribution in [2.24, 2.45) is 0 Å². The summed E-state index contributed by atoms with van der Waals surface area (Å²) in [5.74, 6) is -1.57. The quantitative estimate of drug-likeness (QED) is 0.282. The van der Waals surface area contributed by atoms with Gasteiger partial charge < -0.3 is 20.1 Å². The Hall–Kier alpha value is -4.40. The zero-order valence-electron chi connectivity index (χ0n) is 22.2. The normalized spacial score (nSPS) is 20.0. The second kappa shape index (κ2) is 10.5. The minimum atomic E-state index is -4.47. The van der Waals surface area contributed by atoms with Crippen molar-refractivity contribution in [3.05, 3.63) is 66.2 Å². The van der Waals surface area contributed by atoms with Gasteiger partial charge in [-0.2, -0.15) is 18.3 Å². The fourth-order valence-electron chi connectivity index (χ4n) is 5.02. The lowest BCUT2D eigenvalue weighted by atomic mass is 10.0. The van der Waals surface area contributed by atoms with Gasteiger partial charge in [0.25, 0.3) is 0 Å². The molecule has 1 saturated heterocycles. The number of anilines is 3. The van der Waals surface area contributed by atoms with E-state index in [1.165, 1.54) is 24.5 Å². The third-order valence-electron chi connectivity index (χ3n) is 7.53. The van der Waals surface area contributed by atoms with Crippen molar-refractivity contribution >= 4 is 23.4 Å². The van der Waals surface area contributed by atoms with Crippen molar-refractivity contribution in [3.63, 3.8) is 0 Å². The summed E-state index contributed by atoms with van der Waals surface area (Å²) in [6, 6.07) is 4.95. The first-order chi connectivity index (χ1) is 20.0. The van der Waals surface area contributed by atoms with E-state index in [4.69, 9.17) is 4.52 Å². The smallest absolute Gasteiger partial charge is 0.358 e. The summed E-state index contributed by atoms with van der Waals surface area (Å²) in [5, 5.41) is 13.1. The number of nitrogens with zero attached hydrogens (tertiary/aromatic N) is 6. The van der Waals surface area contributed by atoms with E-state index < -0.39 is 29.5 Å². The average Bonchev–Trinajstić information content (AvgIpc) is 3.23. The molecule has 0 unspecified atom stereocenters. The van der Waals surface area contributed by atoms with Crippen molar-refractivity contribution in [1.29, 1.82) is 0 Å². The van der Waals surface area contributed by atoms with Gasteiger partial charge in [0, 0.05) is 43.3 Å². The number of amides is 1. The summed E-state index contributed by atoms with van der Waals surface area (Å²) in [6.45, 7) is 0.910. The maximum atomic E-state index is 14.9. The highest BCUT2D eigenvalue weighted by Gasteiger charge is 2.66. The molecule has 2 atom stereocenters. The number of hydrogen-bond acceptors (Lipinski definition) is 8. The van der Waals surface area contributed by atoms with E-state index in [9.17, 15) is 26.7 Å². The first-order valence-electron chi connectivity index (χ1n) is 13.1. The molecule has 1 aromatic carbocycles. The SMILES string of the molecule is CN1C[C@@H](F)[C@@H](n2cc(Nc3ncc(-c4ccc(CC(=O)Nc5cc(C6(C(F)(F)F)CC6)on5)c(F)c4)cn3)cn2)C1. The highest BCUT2D eigenvalue weighted by Crippen LogP contribution is 2.59. The van der Waals surface area contributed by atoms with Crippen LogP contribution in [0, 0.1) is 5.82 Å². The van der Waals surface area contributed by atoms with Crippen LogP contribution in [0.3, 0.4) is 0 Å². The molecule has 1 amide bonds. The monoisotopic (exact) mass is 588 g/mol. The second-order valence-electron chi connectivity index (χ2n) is 10.6. The summed E-state index contributed by atoms with van der Waals surface area (Å²) < 4.78 is 75.3. The Balaban J connectivity index is 1.06. The molecule has 4 heterocycles. The minimum absolute atomic E-state index is 0.0779. The van der Waals surface area contributed by atoms with Crippen LogP contribution in [0.1, 0.15) is 30.2 Å². The van der Waals surface area contributed by atoms with Crippen molar-refractivity contribution < 1.29 is 31.3 Å². The van der Waals surface area contributed by atoms with Gasteiger partial charge in [-0.3, -0.25) is 9.48 Å². The topological polar surface area (TPSA) is 114 Å². The van der Waals surface area contributed by atoms with Gasteiger partial charge in [-0.25, -0.2) is 18.7 Å². The lowest BCUT2D eigenvalue weighted by molar-refractivity contribution is -0.165. The van der Waals surface area contributed by atoms with Crippen LogP contribution in [0.15, 0.2) is 53.6 Å². The van der Waals surface area contributed by atoms with Crippen LogP contribution in [0.4, 0.5) is 39.4 Å². The molecule has 2 aliphatic rings. The summed E-state index contributed by atoms with van der Waals surface area (Å²) >= 11 is 0. The standard InChI is InChI=1S/C27H25F5N8O2/c1-39-13-20(29)21(14-39)40-12-18(11-35-40)36-25-33-9-17(10-34-25)15-2-3-16(19(28)6-15)7-24(41)37-23-8-22(42-38-23)26(4-5-26)27(30,31)32/h2-3,6,8-12,20-21H,4-5,7,13-14H2,1H3,(H,33,34,36)(H,37,38,41)/t20-,21+/m1/s1. The van der Waals surface area contributed by atoms with Crippen LogP contribution in [-0.2, 0) is 16.6 Å². The molecule has 15 heteroatoms. The van der Waals surface area contributed by atoms with E-state index >= 15 is 0 Å². The first-order valence-corrected chi connectivity index (χ1v) is 13.1. The number of carbonyl (C=O) groups is 1. The maximum Gasteiger partial charge on any atom is 0.401 e. The number of carbonyl (C=O) groups excluding carboxylic acids is 1. The van der Waals surface area contributed by atoms with Gasteiger partial charge in [0.15, 0.2) is 11.6 Å². The fraction of sp³-hybridized carbons (Fsp3) is 0.370. The molecular weight excluding hydrogens is 563 g/mol. The number of alkyl halides is 4. The number of hydrogen-bond donors (Lipinski definition) is 2. The molecule has 2 N–H and O–H groups in total. The molecular formula is C27H25F5N8O2. The molecule has 4 aromatic rings. The Morgan fingerprint density at radius 2 is 1.88 bits per heavy atom. The average molecular weight is 589 g/mol. The maximum absolute atomic E-state index is 14.9. The van der Waals surface area contributed by atoms with E-state index in [0.29, 0.717) is 29.9 Å². The van der Waals surface area contributed by atoms with E-state index in [1.807, 2.05) is 11.9 Å². The van der Waals surface area contributed by atoms with Gasteiger partial charge in [-0.15, -0.1) is 0 Å². The van der Waals surface area contributed by atoms with Gasteiger partial charge in [-0.1, -0.05) is 17.3 Å². The zero-order chi connectivity index (χ0) is 29.6. The lowest BCUT2D eigenvalue weighted by Crippen LogP contribution is -2.28. The van der Waals surface area contributed by atoms with E-state index in [2.05, 4.69) is 30.9 Å². The molecule has 42 heavy (non-hydrogen) atoms. The molecule has 0 bridgehead atoms. The fourth-order valence-corrected chi connectivity index (χ4v) is 5.02. The number of likely N-dealkylation sites (tertiary alicyclic amines) is 1. The van der Waals surface area contributed by atoms with E-state index in [0.717, 1.165) is 6.07 Å². The summed E-state index contributed by atoms with van der Waals surface area (Å²) in [5.41, 5.74) is -0.395. The number of aromatic nitrogens is 5. The molecule has 3 aromatic heterocycles. The number of halogens is 5. The lowest BCUT2D eigenvalue weighted by Gasteiger charge is -2.14. The number of likely N-dealkylation sites (N-methyl/N-ethyl adjacent to an activating group) is 1. The molecule has 2 fully saturated rings. The number of benzene rings is 1. The first kappa shape index (κ1) is 27.8. The Bertz CT molecular complexity index is 1600. The zero-order valence-corrected chi connectivity index (χ0v) is 22.2. The molecule has 6 rings (SSSR count). The largest absolute Gasteiger partial charge is 0.401 e. The Kier molecular flexibility index (Phi) is 6.91. The highest BCUT2D eigenvalue weighted by molar-refractivity contribution is 5.91. The molecule has 0 spiro atoms. The molecule has 220 valence electrons. The summed E-state index contributed by atoms with van der Waals surface area (Å²) in [6.07, 6.45) is 0.180. The molecule has 1 aliphatic heterocycles. The second-order valence-corrected chi connectivity index (χ2v) is 10.6. The third-order valence-corrected chi connectivity index (χ3v) is 7.53. The molecule has 0 radical (unpaired) electrons. The van der Waals surface area contributed by atoms with Gasteiger partial charge in [0.05, 0.1) is 24.3 Å². The van der Waals surface area contributed by atoms with E-state index in [1.54, 1.807) is 23.1 Å².